The molecule has 1 amide bonds. The minimum Gasteiger partial charge on any atom is -0.444 e. The number of carbonyl (C=O) groups excluding carboxylic acids is 1. The third-order valence-electron chi connectivity index (χ3n) is 2.67. The summed E-state index contributed by atoms with van der Waals surface area (Å²) in [6.45, 7) is 5.41. The van der Waals surface area contributed by atoms with E-state index in [0.29, 0.717) is 22.9 Å². The summed E-state index contributed by atoms with van der Waals surface area (Å²) in [4.78, 5) is 20.2. The molecule has 2 rings (SSSR count). The average molecular weight is 260 g/mol. The fraction of sp³-hybridized carbons (Fsp3) is 0.308. The van der Waals surface area contributed by atoms with Crippen molar-refractivity contribution in [2.75, 3.05) is 5.73 Å². The molecule has 3 N–H and O–H groups in total. The van der Waals surface area contributed by atoms with E-state index in [1.807, 2.05) is 6.92 Å². The topological polar surface area (TPSA) is 94.0 Å². The molecule has 0 fully saturated rings. The summed E-state index contributed by atoms with van der Waals surface area (Å²) in [6, 6.07) is 1.33. The van der Waals surface area contributed by atoms with Crippen LogP contribution in [0.15, 0.2) is 22.9 Å². The Bertz CT molecular complexity index is 606. The molecule has 0 aliphatic heterocycles. The molecule has 0 bridgehead atoms. The Kier molecular flexibility index (Phi) is 3.50. The van der Waals surface area contributed by atoms with Crippen LogP contribution in [0.4, 0.5) is 5.69 Å². The zero-order chi connectivity index (χ0) is 14.0. The van der Waals surface area contributed by atoms with Gasteiger partial charge in [-0.15, -0.1) is 0 Å². The van der Waals surface area contributed by atoms with Crippen molar-refractivity contribution in [3.63, 3.8) is 0 Å². The SMILES string of the molecule is Cc1cc(N)c(C(=O)NC(C)c2ncc(C)o2)cn1. The van der Waals surface area contributed by atoms with Crippen molar-refractivity contribution in [2.45, 2.75) is 26.8 Å². The summed E-state index contributed by atoms with van der Waals surface area (Å²) in [5, 5.41) is 2.77. The maximum atomic E-state index is 12.1. The number of pyridine rings is 1. The van der Waals surface area contributed by atoms with Gasteiger partial charge in [0.25, 0.3) is 5.91 Å². The predicted octanol–water partition coefficient (Wildman–Crippen LogP) is 1.76. The van der Waals surface area contributed by atoms with Crippen LogP contribution in [0.1, 0.15) is 40.7 Å². The van der Waals surface area contributed by atoms with Gasteiger partial charge in [-0.05, 0) is 26.8 Å². The lowest BCUT2D eigenvalue weighted by Crippen LogP contribution is -2.27. The quantitative estimate of drug-likeness (QED) is 0.876. The first-order chi connectivity index (χ1) is 8.97. The molecule has 0 aromatic carbocycles. The predicted molar refractivity (Wildman–Crippen MR) is 70.5 cm³/mol. The normalized spacial score (nSPS) is 12.2. The van der Waals surface area contributed by atoms with Crippen molar-refractivity contribution in [3.8, 4) is 0 Å². The minimum atomic E-state index is -0.332. The van der Waals surface area contributed by atoms with Gasteiger partial charge in [-0.3, -0.25) is 9.78 Å². The Morgan fingerprint density at radius 1 is 1.37 bits per heavy atom. The Morgan fingerprint density at radius 3 is 2.68 bits per heavy atom. The smallest absolute Gasteiger partial charge is 0.255 e. The van der Waals surface area contributed by atoms with E-state index in [0.717, 1.165) is 5.69 Å². The summed E-state index contributed by atoms with van der Waals surface area (Å²) in [7, 11) is 0. The molecule has 0 saturated heterocycles. The molecular weight excluding hydrogens is 244 g/mol. The molecule has 100 valence electrons. The molecular formula is C13H16N4O2. The van der Waals surface area contributed by atoms with E-state index in [2.05, 4.69) is 15.3 Å². The van der Waals surface area contributed by atoms with Crippen molar-refractivity contribution in [1.82, 2.24) is 15.3 Å². The van der Waals surface area contributed by atoms with Gasteiger partial charge < -0.3 is 15.5 Å². The number of oxazole rings is 1. The summed E-state index contributed by atoms with van der Waals surface area (Å²) in [5.74, 6) is 0.866. The lowest BCUT2D eigenvalue weighted by atomic mass is 10.2. The maximum absolute atomic E-state index is 12.1. The first kappa shape index (κ1) is 13.1. The van der Waals surface area contributed by atoms with Gasteiger partial charge in [-0.1, -0.05) is 0 Å². The van der Waals surface area contributed by atoms with Gasteiger partial charge in [0.2, 0.25) is 5.89 Å². The number of nitrogens with two attached hydrogens (primary N) is 1. The first-order valence-corrected chi connectivity index (χ1v) is 5.92. The van der Waals surface area contributed by atoms with Crippen molar-refractivity contribution in [2.24, 2.45) is 0 Å². The second kappa shape index (κ2) is 5.09. The third kappa shape index (κ3) is 2.90. The number of carbonyl (C=O) groups is 1. The second-order valence-corrected chi connectivity index (χ2v) is 4.42. The highest BCUT2D eigenvalue weighted by Gasteiger charge is 2.17. The number of hydrogen-bond acceptors (Lipinski definition) is 5. The zero-order valence-corrected chi connectivity index (χ0v) is 11.1. The van der Waals surface area contributed by atoms with Crippen LogP contribution in [0, 0.1) is 13.8 Å². The van der Waals surface area contributed by atoms with Crippen LogP contribution < -0.4 is 11.1 Å². The molecule has 6 nitrogen and oxygen atoms in total. The maximum Gasteiger partial charge on any atom is 0.255 e. The van der Waals surface area contributed by atoms with Crippen LogP contribution in [0.2, 0.25) is 0 Å². The van der Waals surface area contributed by atoms with Gasteiger partial charge in [-0.2, -0.15) is 0 Å². The highest BCUT2D eigenvalue weighted by Crippen LogP contribution is 2.15. The van der Waals surface area contributed by atoms with Crippen LogP contribution in [0.5, 0.6) is 0 Å². The molecule has 0 aliphatic rings. The summed E-state index contributed by atoms with van der Waals surface area (Å²) >= 11 is 0. The average Bonchev–Trinajstić information content (AvgIpc) is 2.75. The lowest BCUT2D eigenvalue weighted by Gasteiger charge is -2.11. The fourth-order valence-electron chi connectivity index (χ4n) is 1.68. The van der Waals surface area contributed by atoms with E-state index < -0.39 is 0 Å². The Hall–Kier alpha value is -2.37. The Balaban J connectivity index is 2.12. The highest BCUT2D eigenvalue weighted by molar-refractivity contribution is 5.98. The molecule has 6 heteroatoms. The van der Waals surface area contributed by atoms with Crippen LogP contribution in [0.3, 0.4) is 0 Å². The Morgan fingerprint density at radius 2 is 2.11 bits per heavy atom. The standard InChI is InChI=1S/C13H16N4O2/c1-7-4-11(14)10(6-15-7)12(18)17-9(3)13-16-5-8(2)19-13/h4-6,9H,1-3H3,(H2,14,15)(H,17,18). The third-order valence-corrected chi connectivity index (χ3v) is 2.67. The molecule has 0 aliphatic carbocycles. The van der Waals surface area contributed by atoms with Gasteiger partial charge in [0.15, 0.2) is 0 Å². The lowest BCUT2D eigenvalue weighted by molar-refractivity contribution is 0.0934. The highest BCUT2D eigenvalue weighted by atomic mass is 16.4. The van der Waals surface area contributed by atoms with Crippen LogP contribution in [-0.2, 0) is 0 Å². The molecule has 0 saturated carbocycles. The monoisotopic (exact) mass is 260 g/mol. The molecule has 1 unspecified atom stereocenters. The zero-order valence-electron chi connectivity index (χ0n) is 11.1. The van der Waals surface area contributed by atoms with Crippen molar-refractivity contribution >= 4 is 11.6 Å². The fourth-order valence-corrected chi connectivity index (χ4v) is 1.68. The molecule has 2 heterocycles. The van der Waals surface area contributed by atoms with Crippen LogP contribution in [0.25, 0.3) is 0 Å². The summed E-state index contributed by atoms with van der Waals surface area (Å²) in [5.41, 5.74) is 7.32. The van der Waals surface area contributed by atoms with Gasteiger partial charge in [-0.25, -0.2) is 4.98 Å². The van der Waals surface area contributed by atoms with E-state index in [1.54, 1.807) is 26.1 Å². The van der Waals surface area contributed by atoms with Gasteiger partial charge in [0, 0.05) is 17.6 Å². The van der Waals surface area contributed by atoms with Crippen molar-refractivity contribution in [3.05, 3.63) is 41.4 Å². The number of amides is 1. The van der Waals surface area contributed by atoms with Gasteiger partial charge in [0.1, 0.15) is 11.8 Å². The molecule has 0 spiro atoms. The van der Waals surface area contributed by atoms with Crippen molar-refractivity contribution < 1.29 is 9.21 Å². The van der Waals surface area contributed by atoms with E-state index in [4.69, 9.17) is 10.2 Å². The molecule has 19 heavy (non-hydrogen) atoms. The second-order valence-electron chi connectivity index (χ2n) is 4.42. The summed E-state index contributed by atoms with van der Waals surface area (Å²) < 4.78 is 5.36. The number of rotatable bonds is 3. The number of aryl methyl sites for hydroxylation is 2. The van der Waals surface area contributed by atoms with E-state index in [9.17, 15) is 4.79 Å². The van der Waals surface area contributed by atoms with E-state index in [-0.39, 0.29) is 11.9 Å². The van der Waals surface area contributed by atoms with Crippen LogP contribution in [-0.4, -0.2) is 15.9 Å². The Labute approximate surface area is 111 Å². The van der Waals surface area contributed by atoms with Gasteiger partial charge in [0.05, 0.1) is 11.8 Å². The first-order valence-electron chi connectivity index (χ1n) is 5.92. The number of nitrogens with one attached hydrogen (secondary N) is 1. The minimum absolute atomic E-state index is 0.298. The van der Waals surface area contributed by atoms with Crippen molar-refractivity contribution in [1.29, 1.82) is 0 Å². The largest absolute Gasteiger partial charge is 0.444 e. The van der Waals surface area contributed by atoms with E-state index in [1.165, 1.54) is 6.20 Å². The number of nitrogens with zero attached hydrogens (tertiary/aromatic N) is 2. The molecule has 1 atom stereocenters. The number of anilines is 1. The van der Waals surface area contributed by atoms with Gasteiger partial charge >= 0.3 is 0 Å². The van der Waals surface area contributed by atoms with E-state index >= 15 is 0 Å². The molecule has 0 radical (unpaired) electrons. The van der Waals surface area contributed by atoms with Crippen LogP contribution >= 0.6 is 0 Å². The number of aromatic nitrogens is 2. The summed E-state index contributed by atoms with van der Waals surface area (Å²) in [6.07, 6.45) is 3.08. The molecule has 2 aromatic heterocycles. The number of nitrogen functional groups attached to an aromatic ring is 1. The number of hydrogen-bond donors (Lipinski definition) is 2. The molecule has 2 aromatic rings.